The van der Waals surface area contributed by atoms with Crippen LogP contribution in [0, 0.1) is 0 Å². The number of hydrogen-bond acceptors (Lipinski definition) is 5. The molecule has 0 bridgehead atoms. The van der Waals surface area contributed by atoms with Crippen molar-refractivity contribution in [3.63, 3.8) is 0 Å². The average molecular weight is 538 g/mol. The molecule has 0 radical (unpaired) electrons. The summed E-state index contributed by atoms with van der Waals surface area (Å²) in [6, 6.07) is 39.5. The zero-order chi connectivity index (χ0) is 28.3. The number of hydrogen-bond donors (Lipinski definition) is 1. The van der Waals surface area contributed by atoms with Crippen molar-refractivity contribution in [1.82, 2.24) is 0 Å². The quantitative estimate of drug-likeness (QED) is 0.204. The molecule has 4 aromatic carbocycles. The van der Waals surface area contributed by atoms with Crippen LogP contribution >= 0.6 is 0 Å². The molecule has 0 spiro atoms. The van der Waals surface area contributed by atoms with Crippen molar-refractivity contribution in [2.24, 2.45) is 0 Å². The first-order valence-electron chi connectivity index (χ1n) is 14.1. The van der Waals surface area contributed by atoms with E-state index in [4.69, 9.17) is 20.3 Å². The van der Waals surface area contributed by atoms with Crippen LogP contribution in [0.5, 0.6) is 0 Å². The number of benzene rings is 4. The summed E-state index contributed by atoms with van der Waals surface area (Å²) in [5, 5.41) is 11.4. The molecule has 0 heterocycles. The average Bonchev–Trinajstić information content (AvgIpc) is 3.03. The normalized spacial score (nSPS) is 21.3. The summed E-state index contributed by atoms with van der Waals surface area (Å²) in [6.45, 7) is 1.39. The molecule has 1 aliphatic rings. The lowest BCUT2D eigenvalue weighted by molar-refractivity contribution is -0.173. The van der Waals surface area contributed by atoms with Crippen LogP contribution in [0.4, 0.5) is 0 Å². The minimum absolute atomic E-state index is 0.0498. The SMILES string of the molecule is [2H]C1=C(COCc2ccccc2)[C@@H](OCc2ccccc2)[C@H](OCc2ccccc2)[C@@H](OCc2ccccc2)C1O. The summed E-state index contributed by atoms with van der Waals surface area (Å²) in [7, 11) is 0. The Balaban J connectivity index is 1.42. The topological polar surface area (TPSA) is 57.2 Å². The molecule has 206 valence electrons. The Morgan fingerprint density at radius 2 is 0.900 bits per heavy atom. The van der Waals surface area contributed by atoms with Gasteiger partial charge in [-0.2, -0.15) is 0 Å². The third-order valence-corrected chi connectivity index (χ3v) is 6.82. The molecule has 0 fully saturated rings. The van der Waals surface area contributed by atoms with E-state index >= 15 is 0 Å². The van der Waals surface area contributed by atoms with Crippen molar-refractivity contribution in [2.75, 3.05) is 6.61 Å². The Labute approximate surface area is 238 Å². The summed E-state index contributed by atoms with van der Waals surface area (Å²) >= 11 is 0. The van der Waals surface area contributed by atoms with Crippen LogP contribution in [0.1, 0.15) is 23.6 Å². The summed E-state index contributed by atoms with van der Waals surface area (Å²) in [5.74, 6) is 0. The van der Waals surface area contributed by atoms with E-state index in [0.717, 1.165) is 22.3 Å². The van der Waals surface area contributed by atoms with Crippen LogP contribution in [-0.4, -0.2) is 36.1 Å². The number of aliphatic hydroxyl groups excluding tert-OH is 1. The molecule has 4 atom stereocenters. The van der Waals surface area contributed by atoms with Gasteiger partial charge in [0.05, 0.1) is 34.4 Å². The molecule has 0 saturated heterocycles. The van der Waals surface area contributed by atoms with Gasteiger partial charge in [-0.05, 0) is 33.9 Å². The van der Waals surface area contributed by atoms with Gasteiger partial charge in [0.15, 0.2) is 0 Å². The van der Waals surface area contributed by atoms with Gasteiger partial charge in [0.1, 0.15) is 24.4 Å². The van der Waals surface area contributed by atoms with Gasteiger partial charge in [0.2, 0.25) is 0 Å². The maximum absolute atomic E-state index is 11.4. The molecular weight excluding hydrogens is 500 g/mol. The van der Waals surface area contributed by atoms with Crippen LogP contribution in [0.3, 0.4) is 0 Å². The van der Waals surface area contributed by atoms with Crippen molar-refractivity contribution in [3.8, 4) is 0 Å². The minimum Gasteiger partial charge on any atom is -0.386 e. The highest BCUT2D eigenvalue weighted by Crippen LogP contribution is 2.30. The molecule has 0 saturated carbocycles. The van der Waals surface area contributed by atoms with E-state index in [-0.39, 0.29) is 19.3 Å². The van der Waals surface area contributed by atoms with Crippen LogP contribution in [0.2, 0.25) is 0 Å². The standard InChI is InChI=1S/C35H36O5/c36-32-21-31(26-37-22-27-13-5-1-6-14-27)33(38-23-28-15-7-2-8-16-28)35(40-25-30-19-11-4-12-20-30)34(32)39-24-29-17-9-3-10-18-29/h1-21,32-36H,22-26H2/t32?,33-,34+,35+/m1/s1/i21D. The fraction of sp³-hybridized carbons (Fsp3) is 0.257. The van der Waals surface area contributed by atoms with Gasteiger partial charge in [-0.1, -0.05) is 121 Å². The second-order valence-corrected chi connectivity index (χ2v) is 9.83. The van der Waals surface area contributed by atoms with Gasteiger partial charge in [-0.3, -0.25) is 0 Å². The van der Waals surface area contributed by atoms with E-state index in [9.17, 15) is 5.11 Å². The highest BCUT2D eigenvalue weighted by Gasteiger charge is 2.42. The van der Waals surface area contributed by atoms with Gasteiger partial charge in [0.25, 0.3) is 0 Å². The lowest BCUT2D eigenvalue weighted by atomic mass is 9.89. The monoisotopic (exact) mass is 537 g/mol. The van der Waals surface area contributed by atoms with Crippen LogP contribution in [0.15, 0.2) is 133 Å². The van der Waals surface area contributed by atoms with E-state index in [1.807, 2.05) is 121 Å². The smallest absolute Gasteiger partial charge is 0.117 e. The van der Waals surface area contributed by atoms with Gasteiger partial charge in [-0.15, -0.1) is 0 Å². The third kappa shape index (κ3) is 7.98. The maximum Gasteiger partial charge on any atom is 0.117 e. The van der Waals surface area contributed by atoms with Gasteiger partial charge in [-0.25, -0.2) is 0 Å². The van der Waals surface area contributed by atoms with E-state index in [1.165, 1.54) is 0 Å². The highest BCUT2D eigenvalue weighted by atomic mass is 16.6. The van der Waals surface area contributed by atoms with Crippen LogP contribution in [-0.2, 0) is 45.4 Å². The summed E-state index contributed by atoms with van der Waals surface area (Å²) < 4.78 is 34.4. The Kier molecular flexibility index (Phi) is 9.79. The second-order valence-electron chi connectivity index (χ2n) is 9.83. The number of rotatable bonds is 13. The lowest BCUT2D eigenvalue weighted by Gasteiger charge is -2.40. The van der Waals surface area contributed by atoms with E-state index in [1.54, 1.807) is 0 Å². The Bertz CT molecular complexity index is 1350. The largest absolute Gasteiger partial charge is 0.386 e. The van der Waals surface area contributed by atoms with Crippen molar-refractivity contribution >= 4 is 0 Å². The van der Waals surface area contributed by atoms with Gasteiger partial charge in [0, 0.05) is 0 Å². The molecule has 5 heteroatoms. The Morgan fingerprint density at radius 3 is 1.38 bits per heavy atom. The second kappa shape index (κ2) is 14.7. The first-order valence-corrected chi connectivity index (χ1v) is 13.6. The molecule has 0 aliphatic heterocycles. The fourth-order valence-corrected chi connectivity index (χ4v) is 4.74. The lowest BCUT2D eigenvalue weighted by Crippen LogP contribution is -2.52. The zero-order valence-electron chi connectivity index (χ0n) is 23.5. The Morgan fingerprint density at radius 1 is 0.500 bits per heavy atom. The molecule has 0 aromatic heterocycles. The number of ether oxygens (including phenoxy) is 4. The molecule has 40 heavy (non-hydrogen) atoms. The summed E-state index contributed by atoms with van der Waals surface area (Å²) in [6.07, 6.45) is -3.36. The molecule has 5 nitrogen and oxygen atoms in total. The van der Waals surface area contributed by atoms with Crippen molar-refractivity contribution in [3.05, 3.63) is 155 Å². The van der Waals surface area contributed by atoms with E-state index in [2.05, 4.69) is 0 Å². The van der Waals surface area contributed by atoms with Crippen LogP contribution in [0.25, 0.3) is 0 Å². The molecule has 1 aliphatic carbocycles. The molecular formula is C35H36O5. The summed E-state index contributed by atoms with van der Waals surface area (Å²) in [4.78, 5) is 0. The van der Waals surface area contributed by atoms with Crippen molar-refractivity contribution < 1.29 is 25.4 Å². The van der Waals surface area contributed by atoms with E-state index in [0.29, 0.717) is 25.4 Å². The predicted octanol–water partition coefficient (Wildman–Crippen LogP) is 6.26. The molecule has 4 aromatic rings. The first kappa shape index (κ1) is 26.6. The minimum atomic E-state index is -1.20. The summed E-state index contributed by atoms with van der Waals surface area (Å²) in [5.41, 5.74) is 4.54. The van der Waals surface area contributed by atoms with Gasteiger partial charge < -0.3 is 24.1 Å². The Hall–Kier alpha value is -3.58. The van der Waals surface area contributed by atoms with Crippen molar-refractivity contribution in [1.29, 1.82) is 0 Å². The number of aliphatic hydroxyl groups is 1. The highest BCUT2D eigenvalue weighted by molar-refractivity contribution is 5.24. The molecule has 5 rings (SSSR count). The van der Waals surface area contributed by atoms with Crippen molar-refractivity contribution in [2.45, 2.75) is 50.8 Å². The molecule has 1 N–H and O–H groups in total. The maximum atomic E-state index is 11.4. The van der Waals surface area contributed by atoms with Crippen LogP contribution < -0.4 is 0 Å². The third-order valence-electron chi connectivity index (χ3n) is 6.82. The first-order chi connectivity index (χ1) is 20.2. The predicted molar refractivity (Wildman–Crippen MR) is 155 cm³/mol. The fourth-order valence-electron chi connectivity index (χ4n) is 4.74. The zero-order valence-corrected chi connectivity index (χ0v) is 22.5. The van der Waals surface area contributed by atoms with E-state index < -0.39 is 24.4 Å². The molecule has 1 unspecified atom stereocenters. The van der Waals surface area contributed by atoms with Gasteiger partial charge >= 0.3 is 0 Å². The molecule has 0 amide bonds.